The molecule has 0 saturated heterocycles. The standard InChI is InChI=1S/C20H22N2OS/c1-4-20(13-8-6-5-7-9-13)15-14(23)10-11-19(2,3)16(15)22-18-17(20)24-12-21-18/h5-9,12,22H,4,10-11H2,1-3H3/t20-/m0/s1. The van der Waals surface area contributed by atoms with Crippen molar-refractivity contribution in [3.63, 3.8) is 0 Å². The van der Waals surface area contributed by atoms with Crippen molar-refractivity contribution in [2.45, 2.75) is 45.4 Å². The fraction of sp³-hybridized carbons (Fsp3) is 0.400. The highest BCUT2D eigenvalue weighted by molar-refractivity contribution is 7.10. The molecule has 0 fully saturated rings. The molecule has 0 unspecified atom stereocenters. The Morgan fingerprint density at radius 3 is 2.71 bits per heavy atom. The normalized spacial score (nSPS) is 25.0. The molecule has 1 aliphatic heterocycles. The third kappa shape index (κ3) is 1.95. The fourth-order valence-electron chi connectivity index (χ4n) is 4.25. The van der Waals surface area contributed by atoms with Gasteiger partial charge < -0.3 is 5.32 Å². The molecule has 24 heavy (non-hydrogen) atoms. The van der Waals surface area contributed by atoms with E-state index in [1.54, 1.807) is 11.3 Å². The second-order valence-electron chi connectivity index (χ2n) is 7.34. The van der Waals surface area contributed by atoms with Crippen LogP contribution >= 0.6 is 11.3 Å². The van der Waals surface area contributed by atoms with Gasteiger partial charge in [0.15, 0.2) is 5.78 Å². The lowest BCUT2D eigenvalue weighted by Crippen LogP contribution is -2.44. The number of carbonyl (C=O) groups excluding carboxylic acids is 1. The summed E-state index contributed by atoms with van der Waals surface area (Å²) >= 11 is 1.65. The van der Waals surface area contributed by atoms with Gasteiger partial charge in [0.05, 0.1) is 15.8 Å². The first-order valence-electron chi connectivity index (χ1n) is 8.55. The maximum absolute atomic E-state index is 13.1. The van der Waals surface area contributed by atoms with Gasteiger partial charge in [0.1, 0.15) is 5.82 Å². The van der Waals surface area contributed by atoms with Crippen LogP contribution in [-0.4, -0.2) is 10.8 Å². The number of Topliss-reactive ketones (excluding diaryl/α,β-unsaturated/α-hetero) is 1. The van der Waals surface area contributed by atoms with Crippen LogP contribution in [-0.2, 0) is 10.2 Å². The average molecular weight is 338 g/mol. The molecule has 4 heteroatoms. The van der Waals surface area contributed by atoms with Gasteiger partial charge >= 0.3 is 0 Å². The summed E-state index contributed by atoms with van der Waals surface area (Å²) < 4.78 is 0. The number of allylic oxidation sites excluding steroid dienone is 2. The number of hydrogen-bond acceptors (Lipinski definition) is 4. The highest BCUT2D eigenvalue weighted by Crippen LogP contribution is 2.56. The van der Waals surface area contributed by atoms with Crippen molar-refractivity contribution < 1.29 is 4.79 Å². The van der Waals surface area contributed by atoms with Gasteiger partial charge in [-0.1, -0.05) is 51.1 Å². The van der Waals surface area contributed by atoms with E-state index in [9.17, 15) is 4.79 Å². The maximum Gasteiger partial charge on any atom is 0.161 e. The Morgan fingerprint density at radius 1 is 1.25 bits per heavy atom. The Kier molecular flexibility index (Phi) is 3.43. The zero-order valence-corrected chi connectivity index (χ0v) is 15.2. The number of aromatic nitrogens is 1. The molecule has 1 atom stereocenters. The van der Waals surface area contributed by atoms with Crippen LogP contribution in [0.2, 0.25) is 0 Å². The summed E-state index contributed by atoms with van der Waals surface area (Å²) in [6, 6.07) is 10.5. The van der Waals surface area contributed by atoms with Crippen molar-refractivity contribution >= 4 is 22.9 Å². The van der Waals surface area contributed by atoms with E-state index in [4.69, 9.17) is 0 Å². The van der Waals surface area contributed by atoms with Gasteiger partial charge in [-0.25, -0.2) is 4.98 Å². The van der Waals surface area contributed by atoms with Crippen molar-refractivity contribution in [3.05, 3.63) is 57.6 Å². The summed E-state index contributed by atoms with van der Waals surface area (Å²) in [5.74, 6) is 1.20. The van der Waals surface area contributed by atoms with Crippen LogP contribution in [0.3, 0.4) is 0 Å². The number of carbonyl (C=O) groups is 1. The number of ketones is 1. The molecule has 1 aliphatic carbocycles. The van der Waals surface area contributed by atoms with Crippen LogP contribution in [0.1, 0.15) is 50.5 Å². The highest BCUT2D eigenvalue weighted by Gasteiger charge is 2.51. The minimum Gasteiger partial charge on any atom is -0.342 e. The van der Waals surface area contributed by atoms with Gasteiger partial charge in [-0.15, -0.1) is 11.3 Å². The molecule has 3 nitrogen and oxygen atoms in total. The Hall–Kier alpha value is -1.94. The van der Waals surface area contributed by atoms with Crippen molar-refractivity contribution in [1.29, 1.82) is 0 Å². The lowest BCUT2D eigenvalue weighted by Gasteiger charge is -2.46. The largest absolute Gasteiger partial charge is 0.342 e. The summed E-state index contributed by atoms with van der Waals surface area (Å²) in [5, 5.41) is 3.52. The molecule has 2 heterocycles. The van der Waals surface area contributed by atoms with Crippen LogP contribution in [0.4, 0.5) is 5.82 Å². The first-order chi connectivity index (χ1) is 11.5. The van der Waals surface area contributed by atoms with Crippen molar-refractivity contribution in [2.24, 2.45) is 5.41 Å². The smallest absolute Gasteiger partial charge is 0.161 e. The number of thiazole rings is 1. The lowest BCUT2D eigenvalue weighted by atomic mass is 9.61. The van der Waals surface area contributed by atoms with Crippen molar-refractivity contribution in [3.8, 4) is 0 Å². The monoisotopic (exact) mass is 338 g/mol. The topological polar surface area (TPSA) is 42.0 Å². The zero-order chi connectivity index (χ0) is 16.9. The molecule has 0 amide bonds. The minimum atomic E-state index is -0.382. The van der Waals surface area contributed by atoms with E-state index in [1.807, 2.05) is 11.6 Å². The van der Waals surface area contributed by atoms with E-state index in [1.165, 1.54) is 10.4 Å². The van der Waals surface area contributed by atoms with Crippen LogP contribution in [0.15, 0.2) is 47.1 Å². The quantitative estimate of drug-likeness (QED) is 0.846. The first kappa shape index (κ1) is 15.6. The molecule has 0 radical (unpaired) electrons. The first-order valence-corrected chi connectivity index (χ1v) is 9.43. The number of nitrogens with zero attached hydrogens (tertiary/aromatic N) is 1. The van der Waals surface area contributed by atoms with Gasteiger partial charge in [-0.05, 0) is 18.4 Å². The molecule has 1 aromatic carbocycles. The molecule has 0 spiro atoms. The van der Waals surface area contributed by atoms with Gasteiger partial charge in [-0.3, -0.25) is 4.79 Å². The predicted octanol–water partition coefficient (Wildman–Crippen LogP) is 4.91. The SMILES string of the molecule is CC[C@]1(c2ccccc2)C2=C(Nc3ncsc31)C(C)(C)CCC2=O. The summed E-state index contributed by atoms with van der Waals surface area (Å²) in [5.41, 5.74) is 4.69. The van der Waals surface area contributed by atoms with Crippen LogP contribution in [0.25, 0.3) is 0 Å². The predicted molar refractivity (Wildman–Crippen MR) is 98.3 cm³/mol. The Balaban J connectivity index is 2.09. The molecule has 2 aliphatic rings. The van der Waals surface area contributed by atoms with Crippen LogP contribution in [0, 0.1) is 5.41 Å². The second-order valence-corrected chi connectivity index (χ2v) is 8.19. The van der Waals surface area contributed by atoms with E-state index < -0.39 is 0 Å². The Morgan fingerprint density at radius 2 is 2.00 bits per heavy atom. The van der Waals surface area contributed by atoms with E-state index in [-0.39, 0.29) is 16.6 Å². The number of nitrogens with one attached hydrogen (secondary N) is 1. The third-order valence-corrected chi connectivity index (χ3v) is 6.59. The summed E-state index contributed by atoms with van der Waals surface area (Å²) in [6.45, 7) is 6.64. The molecule has 1 aromatic heterocycles. The fourth-order valence-corrected chi connectivity index (χ4v) is 5.29. The summed E-state index contributed by atoms with van der Waals surface area (Å²) in [7, 11) is 0. The minimum absolute atomic E-state index is 0.0419. The molecular formula is C20H22N2OS. The molecule has 124 valence electrons. The maximum atomic E-state index is 13.1. The molecule has 4 rings (SSSR count). The Bertz CT molecular complexity index is 834. The molecule has 2 aromatic rings. The van der Waals surface area contributed by atoms with E-state index in [0.29, 0.717) is 6.42 Å². The number of fused-ring (bicyclic) bond motifs is 1. The van der Waals surface area contributed by atoms with E-state index in [0.717, 1.165) is 29.9 Å². The summed E-state index contributed by atoms with van der Waals surface area (Å²) in [4.78, 5) is 18.8. The van der Waals surface area contributed by atoms with Crippen LogP contribution < -0.4 is 5.32 Å². The van der Waals surface area contributed by atoms with Gasteiger partial charge in [0.2, 0.25) is 0 Å². The number of hydrogen-bond donors (Lipinski definition) is 1. The molecule has 0 saturated carbocycles. The molecule has 1 N–H and O–H groups in total. The zero-order valence-electron chi connectivity index (χ0n) is 14.3. The second kappa shape index (κ2) is 5.28. The van der Waals surface area contributed by atoms with Gasteiger partial charge in [-0.2, -0.15) is 0 Å². The van der Waals surface area contributed by atoms with Crippen LogP contribution in [0.5, 0.6) is 0 Å². The Labute approximate surface area is 146 Å². The molecule has 0 bridgehead atoms. The average Bonchev–Trinajstić information content (AvgIpc) is 3.06. The third-order valence-electron chi connectivity index (χ3n) is 5.60. The number of anilines is 1. The van der Waals surface area contributed by atoms with Gasteiger partial charge in [0.25, 0.3) is 0 Å². The highest BCUT2D eigenvalue weighted by atomic mass is 32.1. The van der Waals surface area contributed by atoms with Gasteiger partial charge in [0, 0.05) is 23.1 Å². The summed E-state index contributed by atoms with van der Waals surface area (Å²) in [6.07, 6.45) is 2.36. The van der Waals surface area contributed by atoms with E-state index in [2.05, 4.69) is 55.3 Å². The lowest BCUT2D eigenvalue weighted by molar-refractivity contribution is -0.117. The number of benzene rings is 1. The number of rotatable bonds is 2. The van der Waals surface area contributed by atoms with Crippen molar-refractivity contribution in [2.75, 3.05) is 5.32 Å². The van der Waals surface area contributed by atoms with E-state index >= 15 is 0 Å². The van der Waals surface area contributed by atoms with Crippen molar-refractivity contribution in [1.82, 2.24) is 4.98 Å². The molecular weight excluding hydrogens is 316 g/mol.